The highest BCUT2D eigenvalue weighted by Gasteiger charge is 2.42. The molecule has 1 saturated heterocycles. The monoisotopic (exact) mass is 491 g/mol. The third-order valence-electron chi connectivity index (χ3n) is 5.45. The molecular weight excluding hydrogens is 470 g/mol. The number of rotatable bonds is 7. The van der Waals surface area contributed by atoms with Gasteiger partial charge >= 0.3 is 5.97 Å². The number of carboxylic acid groups (broad SMARTS) is 1. The van der Waals surface area contributed by atoms with Gasteiger partial charge in [0.1, 0.15) is 23.4 Å². The molecule has 4 rings (SSSR count). The molecule has 1 amide bonds. The standard InChI is InChI=1S/C21H21N3O7S2/c25-20(23-28)17-11-13(21(26)27)9-10-24(17)33(29,30)15-7-5-14(6-8-15)31-12-19-22-16-3-1-2-4-18(16)32-19/h1-8,13,17,28H,9-12H2,(H,23,25)(H,26,27)/t13-,17-/m1/s1. The third-order valence-corrected chi connectivity index (χ3v) is 8.38. The van der Waals surface area contributed by atoms with Gasteiger partial charge in [0.2, 0.25) is 10.0 Å². The minimum absolute atomic E-state index is 0.0626. The summed E-state index contributed by atoms with van der Waals surface area (Å²) in [4.78, 5) is 27.8. The molecule has 174 valence electrons. The molecule has 2 heterocycles. The quantitative estimate of drug-likeness (QED) is 0.337. The van der Waals surface area contributed by atoms with Gasteiger partial charge in [0.05, 0.1) is 21.0 Å². The maximum Gasteiger partial charge on any atom is 0.306 e. The summed E-state index contributed by atoms with van der Waals surface area (Å²) in [6.07, 6.45) is -0.169. The van der Waals surface area contributed by atoms with Crippen LogP contribution < -0.4 is 10.2 Å². The number of sulfonamides is 1. The highest BCUT2D eigenvalue weighted by Crippen LogP contribution is 2.30. The number of hydrogen-bond donors (Lipinski definition) is 3. The van der Waals surface area contributed by atoms with Crippen LogP contribution in [0.4, 0.5) is 0 Å². The van der Waals surface area contributed by atoms with E-state index in [-0.39, 0.29) is 30.9 Å². The van der Waals surface area contributed by atoms with E-state index < -0.39 is 33.9 Å². The van der Waals surface area contributed by atoms with E-state index in [1.54, 1.807) is 0 Å². The summed E-state index contributed by atoms with van der Waals surface area (Å²) in [6, 6.07) is 12.1. The second kappa shape index (κ2) is 9.43. The van der Waals surface area contributed by atoms with Gasteiger partial charge in [-0.05, 0) is 49.2 Å². The largest absolute Gasteiger partial charge is 0.486 e. The van der Waals surface area contributed by atoms with Crippen LogP contribution in [0.15, 0.2) is 53.4 Å². The predicted octanol–water partition coefficient (Wildman–Crippen LogP) is 2.23. The number of carbonyl (C=O) groups is 2. The van der Waals surface area contributed by atoms with Crippen molar-refractivity contribution < 1.29 is 33.1 Å². The zero-order chi connectivity index (χ0) is 23.6. The summed E-state index contributed by atoms with van der Waals surface area (Å²) >= 11 is 1.51. The molecule has 1 aromatic heterocycles. The molecule has 1 aliphatic heterocycles. The van der Waals surface area contributed by atoms with Gasteiger partial charge in [-0.25, -0.2) is 18.9 Å². The highest BCUT2D eigenvalue weighted by molar-refractivity contribution is 7.89. The van der Waals surface area contributed by atoms with Crippen molar-refractivity contribution >= 4 is 43.5 Å². The number of aromatic nitrogens is 1. The number of hydrogen-bond acceptors (Lipinski definition) is 8. The Morgan fingerprint density at radius 3 is 2.58 bits per heavy atom. The molecule has 1 fully saturated rings. The number of carboxylic acids is 1. The molecule has 3 N–H and O–H groups in total. The Labute approximate surface area is 193 Å². The molecule has 0 aliphatic carbocycles. The van der Waals surface area contributed by atoms with Crippen molar-refractivity contribution in [3.63, 3.8) is 0 Å². The molecule has 2 atom stereocenters. The fourth-order valence-electron chi connectivity index (χ4n) is 3.74. The van der Waals surface area contributed by atoms with E-state index in [2.05, 4.69) is 4.98 Å². The molecule has 0 unspecified atom stereocenters. The van der Waals surface area contributed by atoms with Gasteiger partial charge < -0.3 is 9.84 Å². The molecular formula is C21H21N3O7S2. The first-order chi connectivity index (χ1) is 15.8. The lowest BCUT2D eigenvalue weighted by Crippen LogP contribution is -2.53. The first-order valence-corrected chi connectivity index (χ1v) is 12.3. The Bertz CT molecular complexity index is 1240. The first kappa shape index (κ1) is 23.1. The number of nitrogens with one attached hydrogen (secondary N) is 1. The molecule has 0 bridgehead atoms. The van der Waals surface area contributed by atoms with E-state index >= 15 is 0 Å². The van der Waals surface area contributed by atoms with Gasteiger partial charge in [-0.15, -0.1) is 11.3 Å². The second-order valence-corrected chi connectivity index (χ2v) is 10.5. The number of para-hydroxylation sites is 1. The molecule has 0 saturated carbocycles. The van der Waals surface area contributed by atoms with Crippen molar-refractivity contribution in [3.8, 4) is 5.75 Å². The summed E-state index contributed by atoms with van der Waals surface area (Å²) in [5.41, 5.74) is 2.32. The van der Waals surface area contributed by atoms with Gasteiger partial charge in [-0.1, -0.05) is 12.1 Å². The fraction of sp³-hybridized carbons (Fsp3) is 0.286. The van der Waals surface area contributed by atoms with Crippen LogP contribution in [0.25, 0.3) is 10.2 Å². The topological polar surface area (TPSA) is 146 Å². The maximum absolute atomic E-state index is 13.2. The Morgan fingerprint density at radius 2 is 1.91 bits per heavy atom. The Morgan fingerprint density at radius 1 is 1.18 bits per heavy atom. The minimum atomic E-state index is -4.11. The van der Waals surface area contributed by atoms with Gasteiger partial charge in [0, 0.05) is 6.54 Å². The van der Waals surface area contributed by atoms with Crippen LogP contribution in [0.5, 0.6) is 5.75 Å². The smallest absolute Gasteiger partial charge is 0.306 e. The summed E-state index contributed by atoms with van der Waals surface area (Å²) in [6.45, 7) is 0.0696. The molecule has 33 heavy (non-hydrogen) atoms. The maximum atomic E-state index is 13.2. The average Bonchev–Trinajstić information content (AvgIpc) is 3.25. The van der Waals surface area contributed by atoms with Crippen molar-refractivity contribution in [2.24, 2.45) is 5.92 Å². The van der Waals surface area contributed by atoms with E-state index in [1.807, 2.05) is 24.3 Å². The van der Waals surface area contributed by atoms with Crippen LogP contribution in [0.3, 0.4) is 0 Å². The molecule has 0 radical (unpaired) electrons. The lowest BCUT2D eigenvalue weighted by Gasteiger charge is -2.35. The zero-order valence-electron chi connectivity index (χ0n) is 17.2. The van der Waals surface area contributed by atoms with E-state index in [0.717, 1.165) is 19.5 Å². The molecule has 3 aromatic rings. The third kappa shape index (κ3) is 4.83. The number of hydroxylamine groups is 1. The number of amides is 1. The van der Waals surface area contributed by atoms with Crippen molar-refractivity contribution in [2.45, 2.75) is 30.4 Å². The van der Waals surface area contributed by atoms with Crippen LogP contribution >= 0.6 is 11.3 Å². The number of ether oxygens (including phenoxy) is 1. The highest BCUT2D eigenvalue weighted by atomic mass is 32.2. The molecule has 2 aromatic carbocycles. The van der Waals surface area contributed by atoms with Crippen molar-refractivity contribution in [2.75, 3.05) is 6.54 Å². The molecule has 0 spiro atoms. The number of nitrogens with zero attached hydrogens (tertiary/aromatic N) is 2. The lowest BCUT2D eigenvalue weighted by molar-refractivity contribution is -0.145. The van der Waals surface area contributed by atoms with E-state index in [0.29, 0.717) is 5.75 Å². The first-order valence-electron chi connectivity index (χ1n) is 10.1. The van der Waals surface area contributed by atoms with Gasteiger partial charge in [-0.2, -0.15) is 4.31 Å². The van der Waals surface area contributed by atoms with E-state index in [9.17, 15) is 23.1 Å². The van der Waals surface area contributed by atoms with Crippen LogP contribution in [0, 0.1) is 5.92 Å². The van der Waals surface area contributed by atoms with Crippen LogP contribution in [0.1, 0.15) is 17.8 Å². The van der Waals surface area contributed by atoms with Crippen LogP contribution in [0.2, 0.25) is 0 Å². The number of aliphatic carboxylic acids is 1. The molecule has 10 nitrogen and oxygen atoms in total. The Kier molecular flexibility index (Phi) is 6.61. The zero-order valence-corrected chi connectivity index (χ0v) is 18.9. The summed E-state index contributed by atoms with van der Waals surface area (Å²) in [5.74, 6) is -2.52. The van der Waals surface area contributed by atoms with E-state index in [1.165, 1.54) is 41.1 Å². The van der Waals surface area contributed by atoms with Gasteiger partial charge in [-0.3, -0.25) is 14.8 Å². The Hall–Kier alpha value is -3.06. The predicted molar refractivity (Wildman–Crippen MR) is 118 cm³/mol. The van der Waals surface area contributed by atoms with Crippen molar-refractivity contribution in [3.05, 3.63) is 53.5 Å². The molecule has 12 heteroatoms. The number of benzene rings is 2. The average molecular weight is 492 g/mol. The van der Waals surface area contributed by atoms with Crippen LogP contribution in [-0.4, -0.2) is 52.5 Å². The van der Waals surface area contributed by atoms with Crippen LogP contribution in [-0.2, 0) is 26.2 Å². The molecule has 1 aliphatic rings. The van der Waals surface area contributed by atoms with Crippen molar-refractivity contribution in [1.29, 1.82) is 0 Å². The summed E-state index contributed by atoms with van der Waals surface area (Å²) in [5, 5.41) is 19.0. The minimum Gasteiger partial charge on any atom is -0.486 e. The summed E-state index contributed by atoms with van der Waals surface area (Å²) in [7, 11) is -4.11. The van der Waals surface area contributed by atoms with Gasteiger partial charge in [0.25, 0.3) is 5.91 Å². The number of piperidine rings is 1. The second-order valence-electron chi connectivity index (χ2n) is 7.50. The number of thiazole rings is 1. The summed E-state index contributed by atoms with van der Waals surface area (Å²) < 4.78 is 34.0. The number of carbonyl (C=O) groups excluding carboxylic acids is 1. The van der Waals surface area contributed by atoms with Crippen molar-refractivity contribution in [1.82, 2.24) is 14.8 Å². The SMILES string of the molecule is O=C(O)[C@@H]1CCN(S(=O)(=O)c2ccc(OCc3nc4ccccc4s3)cc2)[C@@H](C(=O)NO)C1. The number of fused-ring (bicyclic) bond motifs is 1. The lowest BCUT2D eigenvalue weighted by atomic mass is 9.92. The fourth-order valence-corrected chi connectivity index (χ4v) is 6.23. The van der Waals surface area contributed by atoms with Gasteiger partial charge in [0.15, 0.2) is 0 Å². The van der Waals surface area contributed by atoms with E-state index in [4.69, 9.17) is 9.94 Å². The Balaban J connectivity index is 1.48. The normalized spacial score (nSPS) is 19.3.